The molecule has 2 aromatic carbocycles. The molecule has 1 heterocycles. The van der Waals surface area contributed by atoms with Gasteiger partial charge in [0.05, 0.1) is 16.2 Å². The molecule has 0 N–H and O–H groups in total. The second kappa shape index (κ2) is 6.16. The largest absolute Gasteiger partial charge is 0.282 e. The molecule has 4 heteroatoms. The monoisotopic (exact) mass is 419 g/mol. The van der Waals surface area contributed by atoms with Gasteiger partial charge in [0.1, 0.15) is 4.33 Å². The highest BCUT2D eigenvalue weighted by molar-refractivity contribution is 8.01. The Hall–Kier alpha value is -0.670. The Labute approximate surface area is 177 Å². The normalized spacial score (nSPS) is 30.2. The Morgan fingerprint density at radius 2 is 1.22 bits per heavy atom. The van der Waals surface area contributed by atoms with E-state index in [4.69, 9.17) is 23.2 Å². The molecule has 1 aliphatic carbocycles. The van der Waals surface area contributed by atoms with Crippen LogP contribution in [0.3, 0.4) is 0 Å². The predicted molar refractivity (Wildman–Crippen MR) is 118 cm³/mol. The van der Waals surface area contributed by atoms with Crippen molar-refractivity contribution in [2.24, 2.45) is 10.8 Å². The third-order valence-electron chi connectivity index (χ3n) is 7.09. The van der Waals surface area contributed by atoms with Crippen LogP contribution < -0.4 is 0 Å². The molecule has 1 spiro atoms. The maximum atomic E-state index is 6.99. The van der Waals surface area contributed by atoms with Gasteiger partial charge in [-0.3, -0.25) is 4.90 Å². The molecule has 0 amide bonds. The van der Waals surface area contributed by atoms with Crippen LogP contribution in [0.1, 0.15) is 50.2 Å². The highest BCUT2D eigenvalue weighted by Crippen LogP contribution is 2.85. The topological polar surface area (TPSA) is 3.24 Å². The van der Waals surface area contributed by atoms with E-state index in [-0.39, 0.29) is 27.0 Å². The summed E-state index contributed by atoms with van der Waals surface area (Å²) in [5, 5.41) is 0.263. The Kier molecular flexibility index (Phi) is 4.48. The van der Waals surface area contributed by atoms with Gasteiger partial charge in [0.15, 0.2) is 0 Å². The number of rotatable bonds is 2. The summed E-state index contributed by atoms with van der Waals surface area (Å²) < 4.78 is -0.896. The fraction of sp³-hybridized carbons (Fsp3) is 0.478. The molecule has 1 saturated carbocycles. The fourth-order valence-electron chi connectivity index (χ4n) is 5.72. The third kappa shape index (κ3) is 2.25. The van der Waals surface area contributed by atoms with Crippen LogP contribution in [-0.4, -0.2) is 21.0 Å². The Morgan fingerprint density at radius 3 is 1.70 bits per heavy atom. The molecule has 1 aliphatic heterocycles. The van der Waals surface area contributed by atoms with Crippen LogP contribution in [0.2, 0.25) is 0 Å². The van der Waals surface area contributed by atoms with E-state index >= 15 is 0 Å². The van der Waals surface area contributed by atoms with E-state index in [9.17, 15) is 0 Å². The number of halogens is 2. The van der Waals surface area contributed by atoms with Crippen LogP contribution in [0.5, 0.6) is 0 Å². The maximum absolute atomic E-state index is 6.99. The van der Waals surface area contributed by atoms with Crippen molar-refractivity contribution in [1.82, 2.24) is 4.90 Å². The number of hydrogen-bond acceptors (Lipinski definition) is 2. The number of alkyl halides is 2. The van der Waals surface area contributed by atoms with E-state index in [1.54, 1.807) is 0 Å². The summed E-state index contributed by atoms with van der Waals surface area (Å²) >= 11 is 16.0. The molecular formula is C23H27Cl2NS. The molecule has 27 heavy (non-hydrogen) atoms. The van der Waals surface area contributed by atoms with Crippen LogP contribution in [0.4, 0.5) is 0 Å². The molecule has 4 rings (SSSR count). The Bertz CT molecular complexity index is 814. The van der Waals surface area contributed by atoms with E-state index < -0.39 is 4.33 Å². The number of thioether (sulfide) groups is 1. The minimum absolute atomic E-state index is 0.111. The van der Waals surface area contributed by atoms with Gasteiger partial charge in [-0.25, -0.2) is 0 Å². The van der Waals surface area contributed by atoms with Gasteiger partial charge in [0.2, 0.25) is 0 Å². The van der Waals surface area contributed by atoms with Gasteiger partial charge < -0.3 is 0 Å². The molecule has 0 aromatic heterocycles. The first-order chi connectivity index (χ1) is 12.6. The van der Waals surface area contributed by atoms with Crippen molar-refractivity contribution in [3.8, 4) is 0 Å². The van der Waals surface area contributed by atoms with Crippen LogP contribution in [0, 0.1) is 10.8 Å². The van der Waals surface area contributed by atoms with Gasteiger partial charge in [0, 0.05) is 10.8 Å². The Morgan fingerprint density at radius 1 is 0.778 bits per heavy atom. The summed E-state index contributed by atoms with van der Waals surface area (Å²) in [5.41, 5.74) is 2.15. The number of nitrogens with zero attached hydrogens (tertiary/aromatic N) is 1. The summed E-state index contributed by atoms with van der Waals surface area (Å²) in [7, 11) is 2.24. The van der Waals surface area contributed by atoms with Crippen LogP contribution in [0.15, 0.2) is 60.7 Å². The molecule has 0 bridgehead atoms. The van der Waals surface area contributed by atoms with Crippen LogP contribution >= 0.6 is 35.0 Å². The molecule has 1 nitrogen and oxygen atoms in total. The minimum atomic E-state index is -0.785. The lowest BCUT2D eigenvalue weighted by Gasteiger charge is -2.74. The number of hydrogen-bond donors (Lipinski definition) is 0. The molecule has 2 atom stereocenters. The molecule has 2 aliphatic rings. The number of benzene rings is 2. The molecule has 2 aromatic rings. The second-order valence-electron chi connectivity index (χ2n) is 8.92. The average Bonchev–Trinajstić information content (AvgIpc) is 2.98. The first-order valence-electron chi connectivity index (χ1n) is 9.47. The van der Waals surface area contributed by atoms with Crippen molar-refractivity contribution in [3.05, 3.63) is 71.8 Å². The predicted octanol–water partition coefficient (Wildman–Crippen LogP) is 7.08. The molecule has 144 valence electrons. The first kappa shape index (κ1) is 19.6. The van der Waals surface area contributed by atoms with Crippen molar-refractivity contribution in [3.63, 3.8) is 0 Å². The van der Waals surface area contributed by atoms with Crippen molar-refractivity contribution in [2.75, 3.05) is 7.05 Å². The highest BCUT2D eigenvalue weighted by atomic mass is 35.5. The van der Waals surface area contributed by atoms with Gasteiger partial charge in [-0.1, -0.05) is 88.4 Å². The lowest BCUT2D eigenvalue weighted by Crippen LogP contribution is -2.79. The molecule has 0 radical (unpaired) electrons. The van der Waals surface area contributed by atoms with Crippen molar-refractivity contribution in [2.45, 2.75) is 48.2 Å². The van der Waals surface area contributed by atoms with E-state index in [2.05, 4.69) is 100 Å². The summed E-state index contributed by atoms with van der Waals surface area (Å²) in [6.07, 6.45) is 0. The standard InChI is InChI=1S/C23H27Cl2NS/c1-20(2)22(21(3,4)23(20,24)25)18(16-12-8-6-9-13-16)26(5)19(27-22)17-14-10-7-11-15-17/h6-15,18-19H,1-5H3/t18-,19+/m0/s1. The van der Waals surface area contributed by atoms with E-state index in [1.807, 2.05) is 11.8 Å². The average molecular weight is 420 g/mol. The van der Waals surface area contributed by atoms with Crippen LogP contribution in [-0.2, 0) is 0 Å². The van der Waals surface area contributed by atoms with Gasteiger partial charge in [-0.15, -0.1) is 35.0 Å². The first-order valence-corrected chi connectivity index (χ1v) is 11.1. The van der Waals surface area contributed by atoms with Crippen LogP contribution in [0.25, 0.3) is 0 Å². The van der Waals surface area contributed by atoms with E-state index in [0.29, 0.717) is 0 Å². The highest BCUT2D eigenvalue weighted by Gasteiger charge is 2.84. The second-order valence-corrected chi connectivity index (χ2v) is 11.6. The molecule has 0 unspecified atom stereocenters. The summed E-state index contributed by atoms with van der Waals surface area (Å²) in [6.45, 7) is 8.95. The summed E-state index contributed by atoms with van der Waals surface area (Å²) in [6, 6.07) is 21.8. The smallest absolute Gasteiger partial charge is 0.131 e. The van der Waals surface area contributed by atoms with Crippen molar-refractivity contribution >= 4 is 35.0 Å². The van der Waals surface area contributed by atoms with Crippen molar-refractivity contribution in [1.29, 1.82) is 0 Å². The molecule has 1 saturated heterocycles. The SMILES string of the molecule is CN1[C@@H](c2ccccc2)SC2([C@@H]1c1ccccc1)C(C)(C)C(Cl)(Cl)C2(C)C. The molecule has 2 fully saturated rings. The zero-order valence-electron chi connectivity index (χ0n) is 16.5. The van der Waals surface area contributed by atoms with Gasteiger partial charge in [-0.05, 0) is 18.2 Å². The summed E-state index contributed by atoms with van der Waals surface area (Å²) in [5.74, 6) is 0. The quantitative estimate of drug-likeness (QED) is 0.478. The summed E-state index contributed by atoms with van der Waals surface area (Å²) in [4.78, 5) is 2.52. The van der Waals surface area contributed by atoms with Gasteiger partial charge in [-0.2, -0.15) is 0 Å². The zero-order chi connectivity index (χ0) is 19.7. The Balaban J connectivity index is 1.91. The zero-order valence-corrected chi connectivity index (χ0v) is 18.9. The van der Waals surface area contributed by atoms with E-state index in [0.717, 1.165) is 0 Å². The fourth-order valence-corrected chi connectivity index (χ4v) is 8.80. The molecular weight excluding hydrogens is 393 g/mol. The van der Waals surface area contributed by atoms with Gasteiger partial charge in [0.25, 0.3) is 0 Å². The third-order valence-corrected chi connectivity index (χ3v) is 11.4. The maximum Gasteiger partial charge on any atom is 0.131 e. The van der Waals surface area contributed by atoms with Gasteiger partial charge >= 0.3 is 0 Å². The van der Waals surface area contributed by atoms with E-state index in [1.165, 1.54) is 11.1 Å². The van der Waals surface area contributed by atoms with Crippen molar-refractivity contribution < 1.29 is 0 Å². The lowest BCUT2D eigenvalue weighted by atomic mass is 9.43. The minimum Gasteiger partial charge on any atom is -0.282 e. The lowest BCUT2D eigenvalue weighted by molar-refractivity contribution is -0.0963.